The van der Waals surface area contributed by atoms with E-state index in [1.807, 2.05) is 12.1 Å². The van der Waals surface area contributed by atoms with Gasteiger partial charge in [-0.2, -0.15) is 0 Å². The largest absolute Gasteiger partial charge is 0.308 e. The first-order chi connectivity index (χ1) is 10.2. The van der Waals surface area contributed by atoms with Gasteiger partial charge < -0.3 is 5.43 Å². The molecule has 21 heavy (non-hydrogen) atoms. The van der Waals surface area contributed by atoms with E-state index < -0.39 is 0 Å². The molecule has 0 bridgehead atoms. The van der Waals surface area contributed by atoms with E-state index >= 15 is 0 Å². The fraction of sp³-hybridized carbons (Fsp3) is 0.214. The second-order valence-electron chi connectivity index (χ2n) is 4.57. The van der Waals surface area contributed by atoms with Crippen molar-refractivity contribution < 1.29 is 0 Å². The number of pyridine rings is 1. The molecule has 0 atom stereocenters. The minimum Gasteiger partial charge on any atom is -0.308 e. The quantitative estimate of drug-likeness (QED) is 0.437. The van der Waals surface area contributed by atoms with Gasteiger partial charge in [-0.05, 0) is 31.5 Å². The molecule has 3 rings (SSSR count). The summed E-state index contributed by atoms with van der Waals surface area (Å²) in [4.78, 5) is 16.6. The van der Waals surface area contributed by atoms with E-state index in [0.29, 0.717) is 11.6 Å². The highest BCUT2D eigenvalue weighted by Gasteiger charge is 2.14. The highest BCUT2D eigenvalue weighted by molar-refractivity contribution is 7.98. The summed E-state index contributed by atoms with van der Waals surface area (Å²) in [6.45, 7) is 4.16. The van der Waals surface area contributed by atoms with Gasteiger partial charge in [-0.25, -0.2) is 15.8 Å². The number of nitrogens with one attached hydrogen (secondary N) is 1. The summed E-state index contributed by atoms with van der Waals surface area (Å²) >= 11 is 3.36. The van der Waals surface area contributed by atoms with Gasteiger partial charge in [-0.1, -0.05) is 0 Å². The summed E-state index contributed by atoms with van der Waals surface area (Å²) < 4.78 is 0. The van der Waals surface area contributed by atoms with Crippen molar-refractivity contribution in [3.63, 3.8) is 0 Å². The summed E-state index contributed by atoms with van der Waals surface area (Å²) in [6, 6.07) is 3.95. The van der Waals surface area contributed by atoms with Crippen LogP contribution >= 0.6 is 23.1 Å². The smallest absolute Gasteiger partial charge is 0.152 e. The number of rotatable bonds is 4. The van der Waals surface area contributed by atoms with Gasteiger partial charge in [0.15, 0.2) is 5.82 Å². The van der Waals surface area contributed by atoms with Gasteiger partial charge in [0, 0.05) is 22.2 Å². The molecule has 0 saturated carbocycles. The van der Waals surface area contributed by atoms with E-state index in [1.54, 1.807) is 35.5 Å². The van der Waals surface area contributed by atoms with Gasteiger partial charge in [-0.15, -0.1) is 23.1 Å². The van der Waals surface area contributed by atoms with E-state index in [2.05, 4.69) is 34.2 Å². The summed E-state index contributed by atoms with van der Waals surface area (Å²) in [5.74, 6) is 7.80. The molecule has 108 valence electrons. The van der Waals surface area contributed by atoms with E-state index in [9.17, 15) is 0 Å². The first kappa shape index (κ1) is 14.2. The summed E-state index contributed by atoms with van der Waals surface area (Å²) in [5.41, 5.74) is 3.89. The van der Waals surface area contributed by atoms with Gasteiger partial charge >= 0.3 is 0 Å². The fourth-order valence-corrected chi connectivity index (χ4v) is 3.83. The minimum absolute atomic E-state index is 0.699. The van der Waals surface area contributed by atoms with Crippen molar-refractivity contribution >= 4 is 39.1 Å². The molecule has 0 unspecified atom stereocenters. The Hall–Kier alpha value is -1.70. The molecule has 3 aromatic rings. The van der Waals surface area contributed by atoms with E-state index in [1.165, 1.54) is 10.4 Å². The molecule has 0 aliphatic carbocycles. The van der Waals surface area contributed by atoms with Crippen LogP contribution in [0.1, 0.15) is 16.3 Å². The van der Waals surface area contributed by atoms with Gasteiger partial charge in [0.05, 0.1) is 11.1 Å². The Morgan fingerprint density at radius 3 is 2.71 bits per heavy atom. The van der Waals surface area contributed by atoms with Crippen LogP contribution in [0, 0.1) is 13.8 Å². The van der Waals surface area contributed by atoms with Gasteiger partial charge in [0.1, 0.15) is 10.7 Å². The van der Waals surface area contributed by atoms with Crippen molar-refractivity contribution in [3.05, 3.63) is 40.8 Å². The van der Waals surface area contributed by atoms with Crippen LogP contribution in [0.4, 0.5) is 5.82 Å². The molecule has 0 saturated heterocycles. The van der Waals surface area contributed by atoms with Crippen LogP contribution in [-0.2, 0) is 5.75 Å². The van der Waals surface area contributed by atoms with Crippen molar-refractivity contribution in [3.8, 4) is 0 Å². The fourth-order valence-electron chi connectivity index (χ4n) is 2.05. The average molecular weight is 317 g/mol. The van der Waals surface area contributed by atoms with Crippen LogP contribution < -0.4 is 11.3 Å². The molecule has 0 aliphatic rings. The third-order valence-electron chi connectivity index (χ3n) is 3.23. The summed E-state index contributed by atoms with van der Waals surface area (Å²) in [7, 11) is 0. The number of anilines is 1. The molecule has 0 amide bonds. The Balaban J connectivity index is 1.93. The topological polar surface area (TPSA) is 76.7 Å². The summed E-state index contributed by atoms with van der Waals surface area (Å²) in [5, 5.41) is 1.03. The number of aromatic nitrogens is 3. The number of hydrazine groups is 1. The lowest BCUT2D eigenvalue weighted by Crippen LogP contribution is -2.10. The summed E-state index contributed by atoms with van der Waals surface area (Å²) in [6.07, 6.45) is 3.57. The maximum absolute atomic E-state index is 5.62. The van der Waals surface area contributed by atoms with Crippen molar-refractivity contribution in [2.75, 3.05) is 5.43 Å². The lowest BCUT2D eigenvalue weighted by Gasteiger charge is -2.06. The van der Waals surface area contributed by atoms with Gasteiger partial charge in [0.2, 0.25) is 0 Å². The highest BCUT2D eigenvalue weighted by Crippen LogP contribution is 2.33. The molecule has 0 radical (unpaired) electrons. The van der Waals surface area contributed by atoms with Crippen LogP contribution in [-0.4, -0.2) is 15.0 Å². The predicted molar refractivity (Wildman–Crippen MR) is 88.5 cm³/mol. The van der Waals surface area contributed by atoms with Crippen LogP contribution in [0.2, 0.25) is 0 Å². The number of fused-ring (bicyclic) bond motifs is 1. The number of thioether (sulfide) groups is 1. The molecular formula is C14H15N5S2. The van der Waals surface area contributed by atoms with E-state index in [4.69, 9.17) is 5.84 Å². The molecule has 0 aliphatic heterocycles. The van der Waals surface area contributed by atoms with Crippen LogP contribution in [0.3, 0.4) is 0 Å². The molecule has 3 N–H and O–H groups in total. The number of nitrogens with two attached hydrogens (primary N) is 1. The van der Waals surface area contributed by atoms with Crippen LogP contribution in [0.5, 0.6) is 0 Å². The Morgan fingerprint density at radius 1 is 1.24 bits per heavy atom. The number of nitrogen functional groups attached to an aromatic ring is 1. The highest BCUT2D eigenvalue weighted by atomic mass is 32.2. The number of hydrogen-bond acceptors (Lipinski definition) is 7. The van der Waals surface area contributed by atoms with Gasteiger partial charge in [0.25, 0.3) is 0 Å². The number of thiophene rings is 1. The van der Waals surface area contributed by atoms with E-state index in [0.717, 1.165) is 20.9 Å². The molecule has 5 nitrogen and oxygen atoms in total. The van der Waals surface area contributed by atoms with Crippen molar-refractivity contribution in [2.45, 2.75) is 24.5 Å². The molecule has 3 aromatic heterocycles. The molecule has 3 heterocycles. The zero-order valence-corrected chi connectivity index (χ0v) is 13.4. The number of nitrogens with zero attached hydrogens (tertiary/aromatic N) is 3. The number of aryl methyl sites for hydroxylation is 2. The zero-order valence-electron chi connectivity index (χ0n) is 11.8. The SMILES string of the molecule is Cc1sc2nc(CSc3ccncc3)nc(NN)c2c1C. The average Bonchev–Trinajstić information content (AvgIpc) is 2.80. The maximum atomic E-state index is 5.62. The standard InChI is InChI=1S/C14H15N5S2/c1-8-9(2)21-14-12(8)13(19-15)17-11(18-14)7-20-10-3-5-16-6-4-10/h3-6H,7,15H2,1-2H3,(H,17,18,19). The maximum Gasteiger partial charge on any atom is 0.152 e. The lowest BCUT2D eigenvalue weighted by atomic mass is 10.2. The number of hydrogen-bond donors (Lipinski definition) is 2. The molecule has 7 heteroatoms. The lowest BCUT2D eigenvalue weighted by molar-refractivity contribution is 1.06. The Bertz CT molecular complexity index is 770. The third kappa shape index (κ3) is 2.85. The Labute approximate surface area is 131 Å². The Morgan fingerprint density at radius 2 is 2.00 bits per heavy atom. The Kier molecular flexibility index (Phi) is 4.05. The predicted octanol–water partition coefficient (Wildman–Crippen LogP) is 3.28. The van der Waals surface area contributed by atoms with Gasteiger partial charge in [-0.3, -0.25) is 4.98 Å². The second kappa shape index (κ2) is 5.97. The van der Waals surface area contributed by atoms with Crippen LogP contribution in [0.25, 0.3) is 10.2 Å². The monoisotopic (exact) mass is 317 g/mol. The molecular weight excluding hydrogens is 302 g/mol. The van der Waals surface area contributed by atoms with Crippen LogP contribution in [0.15, 0.2) is 29.4 Å². The minimum atomic E-state index is 0.699. The van der Waals surface area contributed by atoms with E-state index in [-0.39, 0.29) is 0 Å². The molecule has 0 spiro atoms. The van der Waals surface area contributed by atoms with Crippen molar-refractivity contribution in [1.29, 1.82) is 0 Å². The molecule has 0 fully saturated rings. The zero-order chi connectivity index (χ0) is 14.8. The second-order valence-corrected chi connectivity index (χ2v) is 6.82. The first-order valence-corrected chi connectivity index (χ1v) is 8.25. The normalized spacial score (nSPS) is 11.0. The van der Waals surface area contributed by atoms with Crippen molar-refractivity contribution in [2.24, 2.45) is 5.84 Å². The van der Waals surface area contributed by atoms with Crippen molar-refractivity contribution in [1.82, 2.24) is 15.0 Å². The third-order valence-corrected chi connectivity index (χ3v) is 5.34. The molecule has 0 aromatic carbocycles. The first-order valence-electron chi connectivity index (χ1n) is 6.45.